The van der Waals surface area contributed by atoms with E-state index in [0.29, 0.717) is 18.6 Å². The lowest BCUT2D eigenvalue weighted by molar-refractivity contribution is -0.675. The monoisotopic (exact) mass is 400 g/mol. The maximum Gasteiger partial charge on any atom is 0.315 e. The average Bonchev–Trinajstić information content (AvgIpc) is 3.18. The average molecular weight is 400 g/mol. The molecule has 2 aliphatic carbocycles. The van der Waals surface area contributed by atoms with E-state index in [-0.39, 0.29) is 29.0 Å². The number of epoxide rings is 1. The number of esters is 1. The lowest BCUT2D eigenvalue weighted by Gasteiger charge is -2.51. The highest BCUT2D eigenvalue weighted by atomic mass is 16.7. The number of hydrogen-bond donors (Lipinski definition) is 1. The molecule has 3 aliphatic heterocycles. The highest BCUT2D eigenvalue weighted by molar-refractivity contribution is 5.75. The topological polar surface area (TPSA) is 73.9 Å². The van der Waals surface area contributed by atoms with Crippen LogP contribution < -0.4 is 14.8 Å². The van der Waals surface area contributed by atoms with E-state index in [1.807, 2.05) is 12.1 Å². The first kappa shape index (κ1) is 18.0. The first-order valence-corrected chi connectivity index (χ1v) is 11.1. The summed E-state index contributed by atoms with van der Waals surface area (Å²) < 4.78 is 22.8. The molecule has 156 valence electrons. The second kappa shape index (κ2) is 6.35. The number of carbonyl (C=O) groups is 1. The third-order valence-corrected chi connectivity index (χ3v) is 8.32. The van der Waals surface area contributed by atoms with Gasteiger partial charge < -0.3 is 24.3 Å². The van der Waals surface area contributed by atoms with Gasteiger partial charge in [0.1, 0.15) is 18.6 Å². The van der Waals surface area contributed by atoms with Crippen LogP contribution in [0.15, 0.2) is 18.2 Å². The van der Waals surface area contributed by atoms with E-state index < -0.39 is 0 Å². The van der Waals surface area contributed by atoms with Gasteiger partial charge in [0, 0.05) is 11.5 Å². The number of quaternary nitrogens is 1. The molecule has 0 amide bonds. The standard InChI is InChI=1S/C23H29NO5/c1-22-5-2-6-23(12-28-23)20(22)8-15-16(21(25)29-19(15)9-22)11-24-10-14-3-4-17-18(7-14)27-13-26-17/h3-4,7,15-16,19-20,24H,2,5-6,8-13H2,1H3/p+1/t15-,16-,19-,20-,22-,23-/m1/s1. The van der Waals surface area contributed by atoms with Crippen molar-refractivity contribution in [3.63, 3.8) is 0 Å². The summed E-state index contributed by atoms with van der Waals surface area (Å²) in [7, 11) is 0. The highest BCUT2D eigenvalue weighted by Gasteiger charge is 2.65. The van der Waals surface area contributed by atoms with Crippen molar-refractivity contribution in [3.05, 3.63) is 23.8 Å². The molecule has 4 fully saturated rings. The molecular weight excluding hydrogens is 370 g/mol. The molecule has 29 heavy (non-hydrogen) atoms. The Morgan fingerprint density at radius 3 is 2.93 bits per heavy atom. The molecule has 1 spiro atoms. The van der Waals surface area contributed by atoms with E-state index in [1.54, 1.807) is 0 Å². The van der Waals surface area contributed by atoms with Crippen LogP contribution in [0.3, 0.4) is 0 Å². The van der Waals surface area contributed by atoms with Gasteiger partial charge in [0.05, 0.1) is 18.8 Å². The normalized spacial score (nSPS) is 41.8. The fourth-order valence-electron chi connectivity index (χ4n) is 6.72. The summed E-state index contributed by atoms with van der Waals surface area (Å²) in [5.41, 5.74) is 1.57. The summed E-state index contributed by atoms with van der Waals surface area (Å²) in [5.74, 6) is 2.55. The van der Waals surface area contributed by atoms with Crippen molar-refractivity contribution < 1.29 is 29.1 Å². The van der Waals surface area contributed by atoms with Gasteiger partial charge in [-0.25, -0.2) is 0 Å². The lowest BCUT2D eigenvalue weighted by Crippen LogP contribution is -2.84. The zero-order valence-corrected chi connectivity index (χ0v) is 17.0. The number of rotatable bonds is 4. The maximum absolute atomic E-state index is 12.7. The summed E-state index contributed by atoms with van der Waals surface area (Å²) in [5, 5.41) is 2.24. The second-order valence-electron chi connectivity index (χ2n) is 10.0. The lowest BCUT2D eigenvalue weighted by atomic mass is 9.53. The van der Waals surface area contributed by atoms with Gasteiger partial charge in [0.15, 0.2) is 11.5 Å². The van der Waals surface area contributed by atoms with Crippen LogP contribution in [0.25, 0.3) is 0 Å². The van der Waals surface area contributed by atoms with E-state index >= 15 is 0 Å². The Labute approximate surface area is 171 Å². The number of carbonyl (C=O) groups excluding carboxylic acids is 1. The molecule has 6 rings (SSSR count). The molecule has 6 atom stereocenters. The molecule has 0 aromatic heterocycles. The molecule has 2 N–H and O–H groups in total. The maximum atomic E-state index is 12.7. The van der Waals surface area contributed by atoms with Gasteiger partial charge >= 0.3 is 5.97 Å². The summed E-state index contributed by atoms with van der Waals surface area (Å²) in [4.78, 5) is 12.7. The van der Waals surface area contributed by atoms with Gasteiger partial charge in [0.2, 0.25) is 6.79 Å². The predicted octanol–water partition coefficient (Wildman–Crippen LogP) is 2.01. The van der Waals surface area contributed by atoms with Crippen molar-refractivity contribution in [2.75, 3.05) is 19.9 Å². The van der Waals surface area contributed by atoms with Gasteiger partial charge in [0.25, 0.3) is 0 Å². The van der Waals surface area contributed by atoms with Gasteiger partial charge in [-0.1, -0.05) is 6.92 Å². The Balaban J connectivity index is 1.13. The minimum atomic E-state index is -0.00344. The van der Waals surface area contributed by atoms with Crippen LogP contribution >= 0.6 is 0 Å². The smallest absolute Gasteiger partial charge is 0.315 e. The van der Waals surface area contributed by atoms with Gasteiger partial charge in [-0.2, -0.15) is 0 Å². The highest BCUT2D eigenvalue weighted by Crippen LogP contribution is 2.62. The SMILES string of the molecule is C[C@]12CCC[C@@]3(CO3)[C@@H]1C[C@H]1[C@@H](C2)OC(=O)[C@@H]1C[NH2+]Cc1ccc2c(c1)OCO2. The molecule has 3 heterocycles. The van der Waals surface area contributed by atoms with Gasteiger partial charge in [-0.05, 0) is 61.6 Å². The number of nitrogens with two attached hydrogens (primary N) is 1. The van der Waals surface area contributed by atoms with Crippen molar-refractivity contribution >= 4 is 5.97 Å². The first-order valence-electron chi connectivity index (χ1n) is 11.1. The van der Waals surface area contributed by atoms with Crippen LogP contribution in [-0.2, 0) is 20.8 Å². The molecule has 0 bridgehead atoms. The molecular formula is C23H30NO5+. The predicted molar refractivity (Wildman–Crippen MR) is 103 cm³/mol. The number of hydrogen-bond acceptors (Lipinski definition) is 5. The Morgan fingerprint density at radius 2 is 2.07 bits per heavy atom. The molecule has 0 unspecified atom stereocenters. The van der Waals surface area contributed by atoms with Crippen LogP contribution in [0.4, 0.5) is 0 Å². The summed E-state index contributed by atoms with van der Waals surface area (Å²) in [6.07, 6.45) is 5.87. The van der Waals surface area contributed by atoms with Gasteiger partial charge in [-0.3, -0.25) is 4.79 Å². The van der Waals surface area contributed by atoms with Crippen LogP contribution in [0.5, 0.6) is 11.5 Å². The Hall–Kier alpha value is -1.79. The minimum absolute atomic E-state index is 0.00344. The van der Waals surface area contributed by atoms with Crippen LogP contribution in [-0.4, -0.2) is 37.6 Å². The first-order chi connectivity index (χ1) is 14.1. The molecule has 2 saturated carbocycles. The summed E-state index contributed by atoms with van der Waals surface area (Å²) >= 11 is 0. The van der Waals surface area contributed by atoms with Crippen LogP contribution in [0, 0.1) is 23.2 Å². The Bertz CT molecular complexity index is 837. The van der Waals surface area contributed by atoms with Crippen LogP contribution in [0.2, 0.25) is 0 Å². The van der Waals surface area contributed by atoms with Crippen molar-refractivity contribution in [1.82, 2.24) is 0 Å². The van der Waals surface area contributed by atoms with E-state index in [9.17, 15) is 4.79 Å². The summed E-state index contributed by atoms with van der Waals surface area (Å²) in [6, 6.07) is 6.07. The van der Waals surface area contributed by atoms with E-state index in [2.05, 4.69) is 18.3 Å². The number of benzene rings is 1. The molecule has 6 heteroatoms. The van der Waals surface area contributed by atoms with Gasteiger partial charge in [-0.15, -0.1) is 0 Å². The zero-order chi connectivity index (χ0) is 19.6. The summed E-state index contributed by atoms with van der Waals surface area (Å²) in [6.45, 7) is 5.23. The third-order valence-electron chi connectivity index (χ3n) is 8.32. The molecule has 2 saturated heterocycles. The molecule has 1 aromatic carbocycles. The fraction of sp³-hybridized carbons (Fsp3) is 0.696. The third kappa shape index (κ3) is 2.87. The zero-order valence-electron chi connectivity index (χ0n) is 17.0. The van der Waals surface area contributed by atoms with E-state index in [1.165, 1.54) is 24.8 Å². The van der Waals surface area contributed by atoms with Crippen molar-refractivity contribution in [2.24, 2.45) is 23.2 Å². The number of ether oxygens (including phenoxy) is 4. The van der Waals surface area contributed by atoms with Crippen LogP contribution in [0.1, 0.15) is 44.6 Å². The minimum Gasteiger partial charge on any atom is -0.462 e. The second-order valence-corrected chi connectivity index (χ2v) is 10.0. The Morgan fingerprint density at radius 1 is 1.21 bits per heavy atom. The molecule has 5 aliphatic rings. The molecule has 0 radical (unpaired) electrons. The molecule has 1 aromatic rings. The van der Waals surface area contributed by atoms with Crippen molar-refractivity contribution in [3.8, 4) is 11.5 Å². The van der Waals surface area contributed by atoms with E-state index in [4.69, 9.17) is 18.9 Å². The Kier molecular flexibility index (Phi) is 3.95. The van der Waals surface area contributed by atoms with Crippen molar-refractivity contribution in [2.45, 2.75) is 57.3 Å². The van der Waals surface area contributed by atoms with E-state index in [0.717, 1.165) is 44.0 Å². The largest absolute Gasteiger partial charge is 0.462 e. The fourth-order valence-corrected chi connectivity index (χ4v) is 6.72. The van der Waals surface area contributed by atoms with Crippen molar-refractivity contribution in [1.29, 1.82) is 0 Å². The quantitative estimate of drug-likeness (QED) is 0.618. The molecule has 6 nitrogen and oxygen atoms in total. The number of fused-ring (bicyclic) bond motifs is 4.